The summed E-state index contributed by atoms with van der Waals surface area (Å²) in [4.78, 5) is 16.7. The van der Waals surface area contributed by atoms with Crippen molar-refractivity contribution in [3.8, 4) is 0 Å². The molecule has 2 aliphatic rings. The third-order valence-corrected chi connectivity index (χ3v) is 5.19. The summed E-state index contributed by atoms with van der Waals surface area (Å²) in [7, 11) is 0. The second-order valence-electron chi connectivity index (χ2n) is 6.69. The maximum absolute atomic E-state index is 12.2. The van der Waals surface area contributed by atoms with Crippen LogP contribution in [0.25, 0.3) is 0 Å². The van der Waals surface area contributed by atoms with E-state index in [4.69, 9.17) is 10.2 Å². The molecule has 0 aromatic carbocycles. The average Bonchev–Trinajstić information content (AvgIpc) is 3.10. The largest absolute Gasteiger partial charge is 0.459 e. The molecule has 1 amide bonds. The summed E-state index contributed by atoms with van der Waals surface area (Å²) in [6.07, 6.45) is 6.25. The minimum absolute atomic E-state index is 0.0345. The zero-order valence-electron chi connectivity index (χ0n) is 13.2. The Morgan fingerprint density at radius 3 is 2.41 bits per heavy atom. The predicted octanol–water partition coefficient (Wildman–Crippen LogP) is 1.80. The van der Waals surface area contributed by atoms with Crippen molar-refractivity contribution >= 4 is 5.91 Å². The highest BCUT2D eigenvalue weighted by Gasteiger charge is 2.27. The number of nitrogens with two attached hydrogens (primary N) is 1. The van der Waals surface area contributed by atoms with Crippen molar-refractivity contribution in [1.29, 1.82) is 0 Å². The fourth-order valence-corrected chi connectivity index (χ4v) is 3.64. The Balaban J connectivity index is 1.41. The lowest BCUT2D eigenvalue weighted by molar-refractivity contribution is 0.0622. The number of carbonyl (C=O) groups is 1. The van der Waals surface area contributed by atoms with Crippen LogP contribution in [0, 0.1) is 11.8 Å². The van der Waals surface area contributed by atoms with E-state index in [1.165, 1.54) is 32.5 Å². The Kier molecular flexibility index (Phi) is 5.16. The number of amides is 1. The number of rotatable bonds is 4. The Morgan fingerprint density at radius 1 is 1.14 bits per heavy atom. The second-order valence-corrected chi connectivity index (χ2v) is 6.69. The number of likely N-dealkylation sites (tertiary alicyclic amines) is 2. The lowest BCUT2D eigenvalue weighted by Gasteiger charge is -2.37. The number of piperidine rings is 2. The number of nitrogens with zero attached hydrogens (tertiary/aromatic N) is 2. The van der Waals surface area contributed by atoms with Crippen LogP contribution in [0.5, 0.6) is 0 Å². The van der Waals surface area contributed by atoms with Gasteiger partial charge in [-0.15, -0.1) is 0 Å². The van der Waals surface area contributed by atoms with Crippen molar-refractivity contribution in [1.82, 2.24) is 9.80 Å². The first-order valence-electron chi connectivity index (χ1n) is 8.51. The maximum atomic E-state index is 12.2. The maximum Gasteiger partial charge on any atom is 0.289 e. The molecule has 22 heavy (non-hydrogen) atoms. The average molecular weight is 305 g/mol. The highest BCUT2D eigenvalue weighted by molar-refractivity contribution is 5.91. The third-order valence-electron chi connectivity index (χ3n) is 5.19. The molecule has 2 saturated heterocycles. The molecule has 5 heteroatoms. The van der Waals surface area contributed by atoms with Crippen molar-refractivity contribution in [2.24, 2.45) is 17.6 Å². The molecule has 2 fully saturated rings. The van der Waals surface area contributed by atoms with E-state index >= 15 is 0 Å². The summed E-state index contributed by atoms with van der Waals surface area (Å²) >= 11 is 0. The van der Waals surface area contributed by atoms with Crippen LogP contribution in [0.4, 0.5) is 0 Å². The van der Waals surface area contributed by atoms with Gasteiger partial charge in [0.1, 0.15) is 0 Å². The first-order chi connectivity index (χ1) is 10.8. The molecule has 0 saturated carbocycles. The second kappa shape index (κ2) is 7.29. The molecule has 0 radical (unpaired) electrons. The van der Waals surface area contributed by atoms with Gasteiger partial charge in [0.05, 0.1) is 6.26 Å². The zero-order valence-corrected chi connectivity index (χ0v) is 13.2. The van der Waals surface area contributed by atoms with E-state index in [0.717, 1.165) is 44.3 Å². The van der Waals surface area contributed by atoms with Crippen LogP contribution >= 0.6 is 0 Å². The van der Waals surface area contributed by atoms with Gasteiger partial charge in [-0.2, -0.15) is 0 Å². The van der Waals surface area contributed by atoms with Gasteiger partial charge in [-0.1, -0.05) is 0 Å². The highest BCUT2D eigenvalue weighted by atomic mass is 16.3. The molecule has 0 spiro atoms. The Labute approximate surface area is 132 Å². The van der Waals surface area contributed by atoms with Crippen LogP contribution < -0.4 is 5.73 Å². The van der Waals surface area contributed by atoms with Gasteiger partial charge in [-0.05, 0) is 69.3 Å². The number of carbonyl (C=O) groups excluding carboxylic acids is 1. The van der Waals surface area contributed by atoms with E-state index in [2.05, 4.69) is 4.90 Å². The van der Waals surface area contributed by atoms with E-state index in [9.17, 15) is 4.79 Å². The highest BCUT2D eigenvalue weighted by Crippen LogP contribution is 2.23. The molecular formula is C17H27N3O2. The quantitative estimate of drug-likeness (QED) is 0.921. The van der Waals surface area contributed by atoms with Gasteiger partial charge in [-0.25, -0.2) is 0 Å². The van der Waals surface area contributed by atoms with Gasteiger partial charge in [0.25, 0.3) is 5.91 Å². The van der Waals surface area contributed by atoms with Crippen molar-refractivity contribution in [3.63, 3.8) is 0 Å². The number of furan rings is 1. The molecule has 0 unspecified atom stereocenters. The van der Waals surface area contributed by atoms with Crippen molar-refractivity contribution < 1.29 is 9.21 Å². The zero-order chi connectivity index (χ0) is 15.4. The number of hydrogen-bond acceptors (Lipinski definition) is 4. The van der Waals surface area contributed by atoms with E-state index in [1.54, 1.807) is 18.4 Å². The van der Waals surface area contributed by atoms with E-state index in [1.807, 2.05) is 4.90 Å². The first kappa shape index (κ1) is 15.6. The molecule has 3 heterocycles. The van der Waals surface area contributed by atoms with Crippen LogP contribution in [0.15, 0.2) is 22.8 Å². The molecule has 0 atom stereocenters. The van der Waals surface area contributed by atoms with Crippen molar-refractivity contribution in [3.05, 3.63) is 24.2 Å². The van der Waals surface area contributed by atoms with Gasteiger partial charge in [0.15, 0.2) is 5.76 Å². The normalized spacial score (nSPS) is 22.1. The molecule has 1 aromatic rings. The summed E-state index contributed by atoms with van der Waals surface area (Å²) in [5, 5.41) is 0. The SMILES string of the molecule is NCC1CCN(CC2CCN(C(=O)c3ccco3)CC2)CC1. The van der Waals surface area contributed by atoms with E-state index < -0.39 is 0 Å². The minimum atomic E-state index is 0.0345. The monoisotopic (exact) mass is 305 g/mol. The molecule has 1 aromatic heterocycles. The fraction of sp³-hybridized carbons (Fsp3) is 0.706. The lowest BCUT2D eigenvalue weighted by Crippen LogP contribution is -2.43. The van der Waals surface area contributed by atoms with Crippen molar-refractivity contribution in [2.75, 3.05) is 39.3 Å². The number of hydrogen-bond donors (Lipinski definition) is 1. The summed E-state index contributed by atoms with van der Waals surface area (Å²) in [5.41, 5.74) is 5.75. The van der Waals surface area contributed by atoms with Crippen LogP contribution in [0.3, 0.4) is 0 Å². The predicted molar refractivity (Wildman–Crippen MR) is 85.6 cm³/mol. The molecule has 2 aliphatic heterocycles. The molecule has 122 valence electrons. The summed E-state index contributed by atoms with van der Waals surface area (Å²) in [6, 6.07) is 3.51. The Bertz CT molecular complexity index is 458. The third kappa shape index (κ3) is 3.70. The van der Waals surface area contributed by atoms with Crippen LogP contribution in [0.2, 0.25) is 0 Å². The molecule has 5 nitrogen and oxygen atoms in total. The van der Waals surface area contributed by atoms with E-state index in [-0.39, 0.29) is 5.91 Å². The molecular weight excluding hydrogens is 278 g/mol. The van der Waals surface area contributed by atoms with E-state index in [0.29, 0.717) is 5.76 Å². The summed E-state index contributed by atoms with van der Waals surface area (Å²) < 4.78 is 5.21. The van der Waals surface area contributed by atoms with Gasteiger partial charge < -0.3 is 20.0 Å². The van der Waals surface area contributed by atoms with Crippen molar-refractivity contribution in [2.45, 2.75) is 25.7 Å². The summed E-state index contributed by atoms with van der Waals surface area (Å²) in [6.45, 7) is 6.09. The Morgan fingerprint density at radius 2 is 1.82 bits per heavy atom. The first-order valence-corrected chi connectivity index (χ1v) is 8.51. The molecule has 2 N–H and O–H groups in total. The summed E-state index contributed by atoms with van der Waals surface area (Å²) in [5.74, 6) is 1.94. The van der Waals surface area contributed by atoms with Gasteiger partial charge >= 0.3 is 0 Å². The molecule has 3 rings (SSSR count). The lowest BCUT2D eigenvalue weighted by atomic mass is 9.93. The van der Waals surface area contributed by atoms with Crippen LogP contribution in [-0.2, 0) is 0 Å². The van der Waals surface area contributed by atoms with Gasteiger partial charge in [0.2, 0.25) is 0 Å². The Hall–Kier alpha value is -1.33. The standard InChI is InChI=1S/C17H27N3O2/c18-12-14-3-7-19(8-4-14)13-15-5-9-20(10-6-15)17(21)16-2-1-11-22-16/h1-2,11,14-15H,3-10,12-13,18H2. The van der Waals surface area contributed by atoms with Gasteiger partial charge in [-0.3, -0.25) is 4.79 Å². The van der Waals surface area contributed by atoms with Gasteiger partial charge in [0, 0.05) is 19.6 Å². The van der Waals surface area contributed by atoms with Crippen LogP contribution in [0.1, 0.15) is 36.2 Å². The smallest absolute Gasteiger partial charge is 0.289 e. The van der Waals surface area contributed by atoms with Crippen LogP contribution in [-0.4, -0.2) is 55.0 Å². The topological polar surface area (TPSA) is 62.7 Å². The molecule has 0 aliphatic carbocycles. The minimum Gasteiger partial charge on any atom is -0.459 e. The molecule has 0 bridgehead atoms. The fourth-order valence-electron chi connectivity index (χ4n) is 3.64.